The number of hydrogen-bond acceptors (Lipinski definition) is 10. The van der Waals surface area contributed by atoms with Gasteiger partial charge in [0, 0.05) is 7.11 Å². The molecule has 0 aliphatic rings. The van der Waals surface area contributed by atoms with Crippen LogP contribution in [0.15, 0.2) is 0 Å². The van der Waals surface area contributed by atoms with E-state index in [0.717, 1.165) is 7.11 Å². The Balaban J connectivity index is -0.0000000298. The third kappa shape index (κ3) is 549. The minimum Gasteiger partial charge on any atom is -0.400 e. The second-order valence-corrected chi connectivity index (χ2v) is 0.671. The Morgan fingerprint density at radius 2 is 0.667 bits per heavy atom. The number of aliphatic hydroxyl groups is 1. The van der Waals surface area contributed by atoms with Crippen molar-refractivity contribution in [3.63, 3.8) is 0 Å². The van der Waals surface area contributed by atoms with Crippen molar-refractivity contribution in [1.82, 2.24) is 0 Å². The molecule has 1 N–H and O–H groups in total. The van der Waals surface area contributed by atoms with Gasteiger partial charge < -0.3 is 51.1 Å². The van der Waals surface area contributed by atoms with Crippen LogP contribution in [-0.2, 0) is 0 Å². The Kier molecular flexibility index (Phi) is 57.3. The first-order valence-electron chi connectivity index (χ1n) is 2.09. The molecule has 0 aromatic rings. The van der Waals surface area contributed by atoms with Crippen LogP contribution in [0.4, 0.5) is 0 Å². The van der Waals surface area contributed by atoms with E-state index < -0.39 is 15.3 Å². The van der Waals surface area contributed by atoms with E-state index in [2.05, 4.69) is 0 Å². The second-order valence-electron chi connectivity index (χ2n) is 0.671. The van der Waals surface area contributed by atoms with Gasteiger partial charge in [0.15, 0.2) is 0 Å². The predicted molar refractivity (Wildman–Crippen MR) is 45.0 cm³/mol. The Labute approximate surface area is 99.7 Å². The molecule has 0 radical (unpaired) electrons. The zero-order valence-electron chi connectivity index (χ0n) is 7.04. The fourth-order valence-corrected chi connectivity index (χ4v) is 0. The molecule has 0 atom stereocenters. The molecule has 0 aromatic carbocycles. The molecule has 0 spiro atoms. The van der Waals surface area contributed by atoms with Gasteiger partial charge >= 0.3 is 25.8 Å². The summed E-state index contributed by atoms with van der Waals surface area (Å²) in [6.45, 7) is 0. The Bertz CT molecular complexity index is 118. The van der Waals surface area contributed by atoms with Crippen molar-refractivity contribution in [1.29, 1.82) is 0 Å². The van der Waals surface area contributed by atoms with Gasteiger partial charge in [0.1, 0.15) is 0 Å². The van der Waals surface area contributed by atoms with Crippen LogP contribution in [0.1, 0.15) is 0 Å². The molecule has 0 aliphatic carbocycles. The van der Waals surface area contributed by atoms with Gasteiger partial charge in [-0.2, -0.15) is 0 Å². The largest absolute Gasteiger partial charge is 3.00 e. The van der Waals surface area contributed by atoms with Crippen LogP contribution < -0.4 is 0 Å². The average Bonchev–Trinajstić information content (AvgIpc) is 1.86. The molecule has 0 aliphatic heterocycles. The maximum Gasteiger partial charge on any atom is 3.00 e. The van der Waals surface area contributed by atoms with E-state index in [1.165, 1.54) is 0 Å². The van der Waals surface area contributed by atoms with Crippen molar-refractivity contribution in [3.8, 4) is 0 Å². The van der Waals surface area contributed by atoms with Gasteiger partial charge in [-0.25, -0.2) is 0 Å². The zero-order valence-corrected chi connectivity index (χ0v) is 10.3. The minimum atomic E-state index is -1.75. The fourth-order valence-electron chi connectivity index (χ4n) is 0. The van der Waals surface area contributed by atoms with Crippen LogP contribution in [-0.4, -0.2) is 53.3 Å². The van der Waals surface area contributed by atoms with E-state index in [4.69, 9.17) is 51.1 Å². The van der Waals surface area contributed by atoms with Crippen LogP contribution in [0.5, 0.6) is 0 Å². The van der Waals surface area contributed by atoms with Gasteiger partial charge in [0.05, 0.1) is 15.3 Å². The molecule has 0 heterocycles. The Hall–Kier alpha value is -1.57. The zero-order chi connectivity index (χ0) is 12.7. The summed E-state index contributed by atoms with van der Waals surface area (Å²) in [5.74, 6) is 0. The summed E-state index contributed by atoms with van der Waals surface area (Å²) in [6, 6.07) is 0. The topological polar surface area (TPSA) is 219 Å². The molecular weight excluding hydrogens is 329 g/mol. The molecule has 86 valence electrons. The molecule has 0 saturated heterocycles. The quantitative estimate of drug-likeness (QED) is 0.399. The molecule has 0 amide bonds. The number of hydrogen-bond donors (Lipinski definition) is 1. The fraction of sp³-hybridized carbons (Fsp3) is 1.00. The van der Waals surface area contributed by atoms with E-state index in [1.807, 2.05) is 0 Å². The molecular formula is CH4InN3O10. The summed E-state index contributed by atoms with van der Waals surface area (Å²) in [5, 5.41) is 51.2. The van der Waals surface area contributed by atoms with Crippen molar-refractivity contribution in [2.45, 2.75) is 0 Å². The van der Waals surface area contributed by atoms with Gasteiger partial charge in [-0.15, -0.1) is 0 Å². The Morgan fingerprint density at radius 3 is 0.667 bits per heavy atom. The van der Waals surface area contributed by atoms with Crippen LogP contribution in [0, 0.1) is 46.0 Å². The molecule has 0 saturated carbocycles. The molecule has 0 bridgehead atoms. The van der Waals surface area contributed by atoms with Crippen molar-refractivity contribution < 1.29 is 20.4 Å². The van der Waals surface area contributed by atoms with Crippen LogP contribution in [0.3, 0.4) is 0 Å². The summed E-state index contributed by atoms with van der Waals surface area (Å²) >= 11 is 0. The number of rotatable bonds is 0. The van der Waals surface area contributed by atoms with Crippen LogP contribution in [0.2, 0.25) is 0 Å². The van der Waals surface area contributed by atoms with Gasteiger partial charge in [-0.05, 0) is 0 Å². The van der Waals surface area contributed by atoms with Crippen LogP contribution >= 0.6 is 0 Å². The summed E-state index contributed by atoms with van der Waals surface area (Å²) in [7, 11) is 1.00. The van der Waals surface area contributed by atoms with E-state index in [9.17, 15) is 0 Å². The third-order valence-corrected chi connectivity index (χ3v) is 0. The molecule has 14 heteroatoms. The van der Waals surface area contributed by atoms with Gasteiger partial charge in [-0.3, -0.25) is 0 Å². The standard InChI is InChI=1S/CH4O.In.3NO3/c1-2;;3*2-1(3)4/h2H,1H3;;;;/q;+3;3*-1. The van der Waals surface area contributed by atoms with E-state index in [-0.39, 0.29) is 25.8 Å². The van der Waals surface area contributed by atoms with Crippen molar-refractivity contribution in [2.24, 2.45) is 0 Å². The van der Waals surface area contributed by atoms with Crippen molar-refractivity contribution >= 4 is 25.8 Å². The molecule has 0 fully saturated rings. The van der Waals surface area contributed by atoms with E-state index >= 15 is 0 Å². The first kappa shape index (κ1) is 29.2. The summed E-state index contributed by atoms with van der Waals surface area (Å²) in [6.07, 6.45) is 0. The number of aliphatic hydroxyl groups excluding tert-OH is 1. The monoisotopic (exact) mass is 333 g/mol. The van der Waals surface area contributed by atoms with Gasteiger partial charge in [0.25, 0.3) is 0 Å². The normalized spacial score (nSPS) is 5.20. The molecule has 15 heavy (non-hydrogen) atoms. The minimum absolute atomic E-state index is 0. The molecule has 13 nitrogen and oxygen atoms in total. The van der Waals surface area contributed by atoms with Gasteiger partial charge in [0.2, 0.25) is 0 Å². The second kappa shape index (κ2) is 29.4. The van der Waals surface area contributed by atoms with E-state index in [1.54, 1.807) is 0 Å². The number of nitrogens with zero attached hydrogens (tertiary/aromatic N) is 3. The maximum atomic E-state index is 8.25. The smallest absolute Gasteiger partial charge is 0.400 e. The summed E-state index contributed by atoms with van der Waals surface area (Å²) < 4.78 is 0. The first-order valence-corrected chi connectivity index (χ1v) is 2.09. The molecule has 0 aromatic heterocycles. The third-order valence-electron chi connectivity index (χ3n) is 0. The molecule has 0 rings (SSSR count). The Morgan fingerprint density at radius 1 is 0.667 bits per heavy atom. The first-order chi connectivity index (χ1) is 6.20. The van der Waals surface area contributed by atoms with Crippen LogP contribution in [0.25, 0.3) is 0 Å². The van der Waals surface area contributed by atoms with Crippen molar-refractivity contribution in [3.05, 3.63) is 46.0 Å². The predicted octanol–water partition coefficient (Wildman–Crippen LogP) is -1.49. The summed E-state index contributed by atoms with van der Waals surface area (Å²) in [4.78, 5) is 24.8. The maximum absolute atomic E-state index is 8.25. The average molecular weight is 333 g/mol. The SMILES string of the molecule is CO.O=[N+]([O-])[O-].O=[N+]([O-])[O-].O=[N+]([O-])[O-].[In+3]. The summed E-state index contributed by atoms with van der Waals surface area (Å²) in [5.41, 5.74) is 0. The molecule has 0 unspecified atom stereocenters. The van der Waals surface area contributed by atoms with Crippen molar-refractivity contribution in [2.75, 3.05) is 7.11 Å². The van der Waals surface area contributed by atoms with Gasteiger partial charge in [-0.1, -0.05) is 0 Å². The van der Waals surface area contributed by atoms with E-state index in [0.29, 0.717) is 0 Å².